The molecule has 0 aliphatic heterocycles. The van der Waals surface area contributed by atoms with Crippen LogP contribution in [0.15, 0.2) is 66.0 Å². The number of nitrogens with one attached hydrogen (secondary N) is 1. The number of carbonyl (C=O) groups excluding carboxylic acids is 2. The molecule has 150 valence electrons. The Balaban J connectivity index is 1.55. The van der Waals surface area contributed by atoms with E-state index in [-0.39, 0.29) is 5.69 Å². The van der Waals surface area contributed by atoms with Crippen LogP contribution in [0.25, 0.3) is 21.5 Å². The van der Waals surface area contributed by atoms with Gasteiger partial charge >= 0.3 is 5.97 Å². The molecule has 0 radical (unpaired) electrons. The molecule has 0 saturated heterocycles. The molecule has 0 spiro atoms. The number of anilines is 1. The molecular weight excluding hydrogens is 443 g/mol. The van der Waals surface area contributed by atoms with Gasteiger partial charge in [-0.15, -0.1) is 11.3 Å². The van der Waals surface area contributed by atoms with Crippen molar-refractivity contribution in [3.8, 4) is 10.6 Å². The Morgan fingerprint density at radius 3 is 2.50 bits per heavy atom. The number of esters is 1. The van der Waals surface area contributed by atoms with Crippen molar-refractivity contribution in [2.45, 2.75) is 0 Å². The molecule has 0 aliphatic rings. The number of fused-ring (bicyclic) bond motifs is 1. The Bertz CT molecular complexity index is 1220. The van der Waals surface area contributed by atoms with E-state index in [1.54, 1.807) is 30.3 Å². The number of amides is 1. The Morgan fingerprint density at radius 2 is 1.77 bits per heavy atom. The largest absolute Gasteiger partial charge is 0.452 e. The van der Waals surface area contributed by atoms with E-state index in [1.165, 1.54) is 11.3 Å². The van der Waals surface area contributed by atoms with Gasteiger partial charge in [0, 0.05) is 5.39 Å². The first-order chi connectivity index (χ1) is 14.5. The van der Waals surface area contributed by atoms with Crippen LogP contribution in [0.5, 0.6) is 0 Å². The topological polar surface area (TPSA) is 68.3 Å². The highest BCUT2D eigenvalue weighted by Gasteiger charge is 2.17. The number of benzene rings is 2. The minimum atomic E-state index is -0.619. The van der Waals surface area contributed by atoms with Crippen LogP contribution in [-0.2, 0) is 9.53 Å². The van der Waals surface area contributed by atoms with E-state index in [2.05, 4.69) is 10.3 Å². The molecule has 4 aromatic rings. The van der Waals surface area contributed by atoms with Gasteiger partial charge in [-0.2, -0.15) is 0 Å². The first-order valence-corrected chi connectivity index (χ1v) is 10.5. The zero-order valence-electron chi connectivity index (χ0n) is 15.4. The number of nitrogens with zero attached hydrogens (tertiary/aromatic N) is 1. The highest BCUT2D eigenvalue weighted by atomic mass is 35.5. The van der Waals surface area contributed by atoms with E-state index < -0.39 is 18.5 Å². The van der Waals surface area contributed by atoms with Crippen molar-refractivity contribution in [1.82, 2.24) is 4.98 Å². The van der Waals surface area contributed by atoms with Gasteiger partial charge in [0.1, 0.15) is 0 Å². The van der Waals surface area contributed by atoms with Gasteiger partial charge in [-0.1, -0.05) is 53.5 Å². The number of hydrogen-bond donors (Lipinski definition) is 1. The van der Waals surface area contributed by atoms with Crippen LogP contribution in [-0.4, -0.2) is 23.5 Å². The number of pyridine rings is 1. The molecule has 1 N–H and O–H groups in total. The van der Waals surface area contributed by atoms with Gasteiger partial charge < -0.3 is 10.1 Å². The number of aromatic nitrogens is 1. The molecule has 2 aromatic heterocycles. The lowest BCUT2D eigenvalue weighted by molar-refractivity contribution is -0.119. The maximum absolute atomic E-state index is 12.8. The van der Waals surface area contributed by atoms with Crippen molar-refractivity contribution in [1.29, 1.82) is 0 Å². The van der Waals surface area contributed by atoms with Crippen molar-refractivity contribution in [3.63, 3.8) is 0 Å². The first-order valence-electron chi connectivity index (χ1n) is 8.87. The van der Waals surface area contributed by atoms with Crippen molar-refractivity contribution in [3.05, 3.63) is 81.7 Å². The van der Waals surface area contributed by atoms with Gasteiger partial charge in [-0.3, -0.25) is 4.79 Å². The second kappa shape index (κ2) is 8.83. The molecule has 0 unspecified atom stereocenters. The maximum Gasteiger partial charge on any atom is 0.339 e. The first kappa shape index (κ1) is 20.3. The van der Waals surface area contributed by atoms with Gasteiger partial charge in [0.05, 0.1) is 37.4 Å². The van der Waals surface area contributed by atoms with Crippen molar-refractivity contribution >= 4 is 63.0 Å². The number of hydrogen-bond acceptors (Lipinski definition) is 5. The van der Waals surface area contributed by atoms with Crippen LogP contribution in [0.1, 0.15) is 10.4 Å². The summed E-state index contributed by atoms with van der Waals surface area (Å²) in [6.45, 7) is -0.481. The second-order valence-corrected chi connectivity index (χ2v) is 8.03. The third-order valence-corrected chi connectivity index (χ3v) is 5.79. The van der Waals surface area contributed by atoms with Crippen LogP contribution in [0.3, 0.4) is 0 Å². The van der Waals surface area contributed by atoms with E-state index in [0.29, 0.717) is 32.2 Å². The third-order valence-electron chi connectivity index (χ3n) is 4.27. The van der Waals surface area contributed by atoms with Crippen LogP contribution < -0.4 is 5.32 Å². The van der Waals surface area contributed by atoms with Crippen LogP contribution in [0.4, 0.5) is 5.69 Å². The number of carbonyl (C=O) groups is 2. The fraction of sp³-hybridized carbons (Fsp3) is 0.0455. The fourth-order valence-electron chi connectivity index (χ4n) is 2.90. The molecule has 4 rings (SSSR count). The van der Waals surface area contributed by atoms with E-state index in [4.69, 9.17) is 27.9 Å². The fourth-order valence-corrected chi connectivity index (χ4v) is 4.07. The molecule has 0 aliphatic carbocycles. The Morgan fingerprint density at radius 1 is 1.00 bits per heavy atom. The summed E-state index contributed by atoms with van der Waals surface area (Å²) in [5.41, 5.74) is 1.95. The van der Waals surface area contributed by atoms with Crippen molar-refractivity contribution < 1.29 is 14.3 Å². The Labute approximate surface area is 186 Å². The summed E-state index contributed by atoms with van der Waals surface area (Å²) in [7, 11) is 0. The standard InChI is InChI=1S/C22H14Cl2N2O3S/c23-15-6-3-7-16(24)21(15)26-20(27)12-29-22(28)14-11-18(19-9-4-10-30-19)25-17-8-2-1-5-13(14)17/h1-11H,12H2,(H,26,27). The molecular formula is C22H14Cl2N2O3S. The molecule has 0 saturated carbocycles. The maximum atomic E-state index is 12.8. The summed E-state index contributed by atoms with van der Waals surface area (Å²) in [4.78, 5) is 30.6. The predicted octanol–water partition coefficient (Wildman–Crippen LogP) is 6.07. The molecule has 2 aromatic carbocycles. The van der Waals surface area contributed by atoms with E-state index in [0.717, 1.165) is 4.88 Å². The Kier molecular flexibility index (Phi) is 5.99. The minimum Gasteiger partial charge on any atom is -0.452 e. The van der Waals surface area contributed by atoms with E-state index in [9.17, 15) is 9.59 Å². The lowest BCUT2D eigenvalue weighted by Crippen LogP contribution is -2.21. The smallest absolute Gasteiger partial charge is 0.339 e. The van der Waals surface area contributed by atoms with Crippen LogP contribution in [0, 0.1) is 0 Å². The lowest BCUT2D eigenvalue weighted by atomic mass is 10.1. The summed E-state index contributed by atoms with van der Waals surface area (Å²) in [6.07, 6.45) is 0. The molecule has 8 heteroatoms. The quantitative estimate of drug-likeness (QED) is 0.370. The molecule has 2 heterocycles. The highest BCUT2D eigenvalue weighted by Crippen LogP contribution is 2.30. The number of halogens is 2. The summed E-state index contributed by atoms with van der Waals surface area (Å²) >= 11 is 13.6. The summed E-state index contributed by atoms with van der Waals surface area (Å²) in [5.74, 6) is -1.16. The van der Waals surface area contributed by atoms with Gasteiger partial charge in [0.15, 0.2) is 6.61 Å². The van der Waals surface area contributed by atoms with Gasteiger partial charge in [0.2, 0.25) is 0 Å². The SMILES string of the molecule is O=C(COC(=O)c1cc(-c2cccs2)nc2ccccc12)Nc1c(Cl)cccc1Cl. The zero-order valence-corrected chi connectivity index (χ0v) is 17.7. The summed E-state index contributed by atoms with van der Waals surface area (Å²) in [6, 6.07) is 17.7. The van der Waals surface area contributed by atoms with Crippen LogP contribution in [0.2, 0.25) is 10.0 Å². The monoisotopic (exact) mass is 456 g/mol. The molecule has 0 atom stereocenters. The molecule has 0 bridgehead atoms. The lowest BCUT2D eigenvalue weighted by Gasteiger charge is -2.11. The van der Waals surface area contributed by atoms with Gasteiger partial charge in [0.25, 0.3) is 5.91 Å². The second-order valence-electron chi connectivity index (χ2n) is 6.27. The average molecular weight is 457 g/mol. The zero-order chi connectivity index (χ0) is 21.1. The molecule has 30 heavy (non-hydrogen) atoms. The number of ether oxygens (including phenoxy) is 1. The van der Waals surface area contributed by atoms with Crippen LogP contribution >= 0.6 is 34.5 Å². The molecule has 5 nitrogen and oxygen atoms in total. The number of para-hydroxylation sites is 2. The van der Waals surface area contributed by atoms with E-state index in [1.807, 2.05) is 35.7 Å². The highest BCUT2D eigenvalue weighted by molar-refractivity contribution is 7.13. The van der Waals surface area contributed by atoms with Gasteiger partial charge in [-0.05, 0) is 35.7 Å². The van der Waals surface area contributed by atoms with E-state index >= 15 is 0 Å². The van der Waals surface area contributed by atoms with Crippen molar-refractivity contribution in [2.24, 2.45) is 0 Å². The van der Waals surface area contributed by atoms with Gasteiger partial charge in [-0.25, -0.2) is 9.78 Å². The van der Waals surface area contributed by atoms with Crippen molar-refractivity contribution in [2.75, 3.05) is 11.9 Å². The summed E-state index contributed by atoms with van der Waals surface area (Å²) in [5, 5.41) is 5.74. The minimum absolute atomic E-state index is 0.274. The molecule has 1 amide bonds. The Hall–Kier alpha value is -2.93. The number of rotatable bonds is 5. The number of thiophene rings is 1. The molecule has 0 fully saturated rings. The predicted molar refractivity (Wildman–Crippen MR) is 120 cm³/mol. The third kappa shape index (κ3) is 4.31. The average Bonchev–Trinajstić information content (AvgIpc) is 3.29. The normalized spacial score (nSPS) is 10.7. The summed E-state index contributed by atoms with van der Waals surface area (Å²) < 4.78 is 5.26.